The third-order valence-electron chi connectivity index (χ3n) is 4.90. The van der Waals surface area contributed by atoms with Crippen LogP contribution in [0.1, 0.15) is 29.3 Å². The number of para-hydroxylation sites is 1. The van der Waals surface area contributed by atoms with Crippen molar-refractivity contribution in [3.05, 3.63) is 68.7 Å². The van der Waals surface area contributed by atoms with Gasteiger partial charge >= 0.3 is 0 Å². The van der Waals surface area contributed by atoms with Gasteiger partial charge in [0.15, 0.2) is 4.77 Å². The summed E-state index contributed by atoms with van der Waals surface area (Å²) in [5.41, 5.74) is 3.18. The lowest BCUT2D eigenvalue weighted by molar-refractivity contribution is 0.0985. The summed E-state index contributed by atoms with van der Waals surface area (Å²) in [6.07, 6.45) is 1.93. The Hall–Kier alpha value is -2.73. The molecular formula is C20H19N3O2S. The maximum Gasteiger partial charge on any atom is 0.262 e. The van der Waals surface area contributed by atoms with Crippen LogP contribution in [-0.4, -0.2) is 22.0 Å². The third kappa shape index (κ3) is 2.66. The number of aromatic amines is 1. The highest BCUT2D eigenvalue weighted by molar-refractivity contribution is 7.71. The molecule has 132 valence electrons. The highest BCUT2D eigenvalue weighted by Crippen LogP contribution is 2.28. The first-order chi connectivity index (χ1) is 12.6. The number of hydrogen-bond acceptors (Lipinski definition) is 3. The molecule has 1 aromatic heterocycles. The summed E-state index contributed by atoms with van der Waals surface area (Å²) < 4.78 is 1.89. The molecule has 0 saturated carbocycles. The Labute approximate surface area is 155 Å². The molecule has 4 rings (SSSR count). The minimum absolute atomic E-state index is 0.0574. The monoisotopic (exact) mass is 365 g/mol. The van der Waals surface area contributed by atoms with Crippen LogP contribution in [0.5, 0.6) is 0 Å². The Morgan fingerprint density at radius 1 is 1.23 bits per heavy atom. The predicted molar refractivity (Wildman–Crippen MR) is 106 cm³/mol. The van der Waals surface area contributed by atoms with Gasteiger partial charge in [-0.25, -0.2) is 0 Å². The Morgan fingerprint density at radius 3 is 2.85 bits per heavy atom. The molecule has 0 unspecified atom stereocenters. The fourth-order valence-corrected chi connectivity index (χ4v) is 3.90. The summed E-state index contributed by atoms with van der Waals surface area (Å²) in [6, 6.07) is 13.2. The van der Waals surface area contributed by atoms with E-state index in [1.54, 1.807) is 18.2 Å². The van der Waals surface area contributed by atoms with Crippen LogP contribution in [0, 0.1) is 4.77 Å². The number of rotatable bonds is 2. The van der Waals surface area contributed by atoms with Crippen molar-refractivity contribution in [1.82, 2.24) is 9.55 Å². The molecular weight excluding hydrogens is 346 g/mol. The molecule has 0 fully saturated rings. The van der Waals surface area contributed by atoms with Gasteiger partial charge < -0.3 is 9.88 Å². The lowest BCUT2D eigenvalue weighted by Crippen LogP contribution is -2.35. The molecule has 3 aromatic rings. The minimum Gasteiger partial charge on any atom is -0.332 e. The SMILES string of the molecule is CCn1c(=S)[nH]c2cc(C(=O)N3CCCc4ccccc43)ccc2c1=O. The van der Waals surface area contributed by atoms with Crippen molar-refractivity contribution in [3.8, 4) is 0 Å². The van der Waals surface area contributed by atoms with E-state index in [2.05, 4.69) is 11.1 Å². The first-order valence-electron chi connectivity index (χ1n) is 8.77. The number of nitrogens with one attached hydrogen (secondary N) is 1. The number of hydrogen-bond donors (Lipinski definition) is 1. The van der Waals surface area contributed by atoms with Crippen LogP contribution < -0.4 is 10.5 Å². The van der Waals surface area contributed by atoms with Gasteiger partial charge in [-0.3, -0.25) is 14.2 Å². The molecule has 6 heteroatoms. The van der Waals surface area contributed by atoms with Crippen LogP contribution in [0.2, 0.25) is 0 Å². The van der Waals surface area contributed by atoms with Crippen LogP contribution in [-0.2, 0) is 13.0 Å². The summed E-state index contributed by atoms with van der Waals surface area (Å²) in [5.74, 6) is -0.0574. The molecule has 26 heavy (non-hydrogen) atoms. The molecule has 1 aliphatic rings. The molecule has 0 saturated heterocycles. The molecule has 2 heterocycles. The Bertz CT molecular complexity index is 1130. The highest BCUT2D eigenvalue weighted by atomic mass is 32.1. The maximum atomic E-state index is 13.1. The van der Waals surface area contributed by atoms with Crippen molar-refractivity contribution in [2.75, 3.05) is 11.4 Å². The Balaban J connectivity index is 1.80. The highest BCUT2D eigenvalue weighted by Gasteiger charge is 2.23. The average molecular weight is 365 g/mol. The van der Waals surface area contributed by atoms with Crippen LogP contribution in [0.25, 0.3) is 10.9 Å². The van der Waals surface area contributed by atoms with E-state index in [9.17, 15) is 9.59 Å². The fraction of sp³-hybridized carbons (Fsp3) is 0.250. The second-order valence-electron chi connectivity index (χ2n) is 6.43. The number of benzene rings is 2. The van der Waals surface area contributed by atoms with Gasteiger partial charge in [0.25, 0.3) is 11.5 Å². The average Bonchev–Trinajstić information content (AvgIpc) is 2.67. The Kier molecular flexibility index (Phi) is 4.20. The maximum absolute atomic E-state index is 13.1. The van der Waals surface area contributed by atoms with Crippen molar-refractivity contribution in [3.63, 3.8) is 0 Å². The van der Waals surface area contributed by atoms with Crippen LogP contribution in [0.3, 0.4) is 0 Å². The van der Waals surface area contributed by atoms with Crippen molar-refractivity contribution in [1.29, 1.82) is 0 Å². The molecule has 0 spiro atoms. The summed E-state index contributed by atoms with van der Waals surface area (Å²) in [6.45, 7) is 3.08. The van der Waals surface area contributed by atoms with Crippen molar-refractivity contribution in [2.24, 2.45) is 0 Å². The van der Waals surface area contributed by atoms with E-state index in [1.165, 1.54) is 10.1 Å². The van der Waals surface area contributed by atoms with Crippen molar-refractivity contribution in [2.45, 2.75) is 26.3 Å². The number of aromatic nitrogens is 2. The van der Waals surface area contributed by atoms with E-state index in [0.717, 1.165) is 18.5 Å². The number of anilines is 1. The summed E-state index contributed by atoms with van der Waals surface area (Å²) in [5, 5.41) is 0.538. The van der Waals surface area contributed by atoms with Crippen molar-refractivity contribution < 1.29 is 4.79 Å². The molecule has 0 atom stereocenters. The zero-order valence-corrected chi connectivity index (χ0v) is 15.3. The van der Waals surface area contributed by atoms with Gasteiger partial charge in [0, 0.05) is 24.3 Å². The van der Waals surface area contributed by atoms with Crippen LogP contribution >= 0.6 is 12.2 Å². The molecule has 1 N–H and O–H groups in total. The molecule has 5 nitrogen and oxygen atoms in total. The van der Waals surface area contributed by atoms with Gasteiger partial charge in [0.2, 0.25) is 0 Å². The van der Waals surface area contributed by atoms with Gasteiger partial charge in [0.1, 0.15) is 0 Å². The zero-order valence-electron chi connectivity index (χ0n) is 14.5. The quantitative estimate of drug-likeness (QED) is 0.705. The largest absolute Gasteiger partial charge is 0.332 e. The van der Waals surface area contributed by atoms with Crippen LogP contribution in [0.4, 0.5) is 5.69 Å². The van der Waals surface area contributed by atoms with E-state index in [0.29, 0.717) is 34.3 Å². The van der Waals surface area contributed by atoms with Gasteiger partial charge in [-0.15, -0.1) is 0 Å². The topological polar surface area (TPSA) is 58.1 Å². The zero-order chi connectivity index (χ0) is 18.3. The number of nitrogens with zero attached hydrogens (tertiary/aromatic N) is 2. The first kappa shape index (κ1) is 16.7. The number of aryl methyl sites for hydroxylation is 1. The standard InChI is InChI=1S/C20H19N3O2S/c1-2-22-19(25)15-10-9-14(12-16(15)21-20(22)26)18(24)23-11-5-7-13-6-3-4-8-17(13)23/h3-4,6,8-10,12H,2,5,7,11H2,1H3,(H,21,26). The molecule has 2 aromatic carbocycles. The lowest BCUT2D eigenvalue weighted by Gasteiger charge is -2.29. The summed E-state index contributed by atoms with van der Waals surface area (Å²) in [4.78, 5) is 30.5. The third-order valence-corrected chi connectivity index (χ3v) is 5.22. The van der Waals surface area contributed by atoms with E-state index in [1.807, 2.05) is 30.0 Å². The van der Waals surface area contributed by atoms with E-state index < -0.39 is 0 Å². The van der Waals surface area contributed by atoms with Gasteiger partial charge in [-0.1, -0.05) is 18.2 Å². The molecule has 0 radical (unpaired) electrons. The fourth-order valence-electron chi connectivity index (χ4n) is 3.58. The number of carbonyl (C=O) groups is 1. The van der Waals surface area contributed by atoms with Gasteiger partial charge in [-0.2, -0.15) is 0 Å². The van der Waals surface area contributed by atoms with Crippen molar-refractivity contribution >= 4 is 34.7 Å². The number of fused-ring (bicyclic) bond motifs is 2. The normalized spacial score (nSPS) is 13.7. The summed E-state index contributed by atoms with van der Waals surface area (Å²) in [7, 11) is 0. The molecule has 1 aliphatic heterocycles. The predicted octanol–water partition coefficient (Wildman–Crippen LogP) is 3.67. The second kappa shape index (κ2) is 6.53. The molecule has 0 bridgehead atoms. The summed E-state index contributed by atoms with van der Waals surface area (Å²) >= 11 is 5.26. The molecule has 0 aliphatic carbocycles. The first-order valence-corrected chi connectivity index (χ1v) is 9.17. The second-order valence-corrected chi connectivity index (χ2v) is 6.82. The van der Waals surface area contributed by atoms with E-state index >= 15 is 0 Å². The minimum atomic E-state index is -0.131. The van der Waals surface area contributed by atoms with Crippen LogP contribution in [0.15, 0.2) is 47.3 Å². The number of carbonyl (C=O) groups excluding carboxylic acids is 1. The smallest absolute Gasteiger partial charge is 0.262 e. The lowest BCUT2D eigenvalue weighted by atomic mass is 10.0. The Morgan fingerprint density at radius 2 is 2.04 bits per heavy atom. The number of amides is 1. The van der Waals surface area contributed by atoms with Gasteiger partial charge in [0.05, 0.1) is 10.9 Å². The number of H-pyrrole nitrogens is 1. The van der Waals surface area contributed by atoms with Gasteiger partial charge in [-0.05, 0) is 61.8 Å². The van der Waals surface area contributed by atoms with E-state index in [-0.39, 0.29) is 11.5 Å². The molecule has 1 amide bonds. The van der Waals surface area contributed by atoms with E-state index in [4.69, 9.17) is 12.2 Å².